The van der Waals surface area contributed by atoms with Crippen LogP contribution in [0.15, 0.2) is 0 Å². The van der Waals surface area contributed by atoms with Crippen molar-refractivity contribution in [1.82, 2.24) is 5.32 Å². The van der Waals surface area contributed by atoms with Crippen molar-refractivity contribution in [3.63, 3.8) is 0 Å². The van der Waals surface area contributed by atoms with Crippen LogP contribution in [-0.4, -0.2) is 18.5 Å². The van der Waals surface area contributed by atoms with E-state index < -0.39 is 0 Å². The molecule has 0 heterocycles. The first-order valence-electron chi connectivity index (χ1n) is 8.68. The van der Waals surface area contributed by atoms with Gasteiger partial charge in [-0.15, -0.1) is 0 Å². The molecule has 4 atom stereocenters. The maximum atomic E-state index is 12.5. The van der Waals surface area contributed by atoms with Crippen molar-refractivity contribution < 1.29 is 4.79 Å². The van der Waals surface area contributed by atoms with E-state index in [1.54, 1.807) is 0 Å². The van der Waals surface area contributed by atoms with Gasteiger partial charge < -0.3 is 11.1 Å². The minimum Gasteiger partial charge on any atom is -0.352 e. The average molecular weight is 294 g/mol. The Hall–Kier alpha value is -0.570. The highest BCUT2D eigenvalue weighted by molar-refractivity contribution is 5.76. The maximum absolute atomic E-state index is 12.5. The maximum Gasteiger partial charge on any atom is 0.220 e. The molecule has 0 aromatic carbocycles. The fourth-order valence-electron chi connectivity index (χ4n) is 5.07. The average Bonchev–Trinajstić information content (AvgIpc) is 2.84. The second kappa shape index (κ2) is 5.91. The molecule has 2 fully saturated rings. The largest absolute Gasteiger partial charge is 0.352 e. The summed E-state index contributed by atoms with van der Waals surface area (Å²) in [5.41, 5.74) is 6.38. The molecule has 1 amide bonds. The van der Waals surface area contributed by atoms with E-state index in [1.165, 1.54) is 19.3 Å². The van der Waals surface area contributed by atoms with E-state index in [-0.39, 0.29) is 11.3 Å². The smallest absolute Gasteiger partial charge is 0.220 e. The number of hydrogen-bond donors (Lipinski definition) is 2. The first kappa shape index (κ1) is 16.8. The summed E-state index contributed by atoms with van der Waals surface area (Å²) in [6.07, 6.45) is 5.49. The van der Waals surface area contributed by atoms with E-state index in [0.717, 1.165) is 12.3 Å². The minimum atomic E-state index is 0.206. The highest BCUT2D eigenvalue weighted by atomic mass is 16.1. The quantitative estimate of drug-likeness (QED) is 0.789. The Bertz CT molecular complexity index is 386. The Morgan fingerprint density at radius 1 is 1.33 bits per heavy atom. The van der Waals surface area contributed by atoms with E-state index in [1.807, 2.05) is 0 Å². The molecule has 0 spiro atoms. The summed E-state index contributed by atoms with van der Waals surface area (Å²) in [7, 11) is 0. The van der Waals surface area contributed by atoms with Crippen LogP contribution in [-0.2, 0) is 4.79 Å². The molecule has 3 unspecified atom stereocenters. The van der Waals surface area contributed by atoms with Crippen LogP contribution in [0, 0.1) is 28.6 Å². The fourth-order valence-corrected chi connectivity index (χ4v) is 5.07. The number of carbonyl (C=O) groups excluding carboxylic acids is 1. The summed E-state index contributed by atoms with van der Waals surface area (Å²) in [4.78, 5) is 12.5. The molecule has 2 aliphatic rings. The summed E-state index contributed by atoms with van der Waals surface area (Å²) in [6.45, 7) is 12.0. The Kier molecular flexibility index (Phi) is 4.72. The highest BCUT2D eigenvalue weighted by Gasteiger charge is 2.59. The molecular weight excluding hydrogens is 260 g/mol. The van der Waals surface area contributed by atoms with Crippen LogP contribution in [0.5, 0.6) is 0 Å². The van der Waals surface area contributed by atoms with Crippen LogP contribution in [0.1, 0.15) is 66.7 Å². The summed E-state index contributed by atoms with van der Waals surface area (Å²) in [5, 5.41) is 3.38. The minimum absolute atomic E-state index is 0.206. The van der Waals surface area contributed by atoms with Gasteiger partial charge in [0.25, 0.3) is 0 Å². The van der Waals surface area contributed by atoms with Gasteiger partial charge in [-0.3, -0.25) is 4.79 Å². The summed E-state index contributed by atoms with van der Waals surface area (Å²) >= 11 is 0. The first-order chi connectivity index (χ1) is 9.69. The van der Waals surface area contributed by atoms with E-state index in [9.17, 15) is 4.79 Å². The molecule has 2 bridgehead atoms. The molecule has 2 aliphatic carbocycles. The van der Waals surface area contributed by atoms with Crippen molar-refractivity contribution in [2.45, 2.75) is 72.8 Å². The normalized spacial score (nSPS) is 35.2. The third-order valence-electron chi connectivity index (χ3n) is 6.19. The van der Waals surface area contributed by atoms with Crippen LogP contribution in [0.2, 0.25) is 0 Å². The number of hydrogen-bond acceptors (Lipinski definition) is 2. The van der Waals surface area contributed by atoms with Gasteiger partial charge in [0.1, 0.15) is 0 Å². The number of amides is 1. The van der Waals surface area contributed by atoms with Gasteiger partial charge in [0.05, 0.1) is 0 Å². The number of rotatable bonds is 6. The summed E-state index contributed by atoms with van der Waals surface area (Å²) in [6, 6.07) is 0.328. The highest BCUT2D eigenvalue weighted by Crippen LogP contribution is 2.62. The van der Waals surface area contributed by atoms with Crippen molar-refractivity contribution in [3.8, 4) is 0 Å². The van der Waals surface area contributed by atoms with E-state index >= 15 is 0 Å². The van der Waals surface area contributed by atoms with Crippen LogP contribution >= 0.6 is 0 Å². The molecule has 3 nitrogen and oxygen atoms in total. The Morgan fingerprint density at radius 3 is 2.48 bits per heavy atom. The fraction of sp³-hybridized carbons (Fsp3) is 0.944. The lowest BCUT2D eigenvalue weighted by Crippen LogP contribution is -2.52. The summed E-state index contributed by atoms with van der Waals surface area (Å²) in [5.74, 6) is 1.90. The topological polar surface area (TPSA) is 55.1 Å². The monoisotopic (exact) mass is 294 g/mol. The van der Waals surface area contributed by atoms with E-state index in [0.29, 0.717) is 36.3 Å². The van der Waals surface area contributed by atoms with Crippen molar-refractivity contribution in [1.29, 1.82) is 0 Å². The number of nitrogens with two attached hydrogens (primary N) is 1. The van der Waals surface area contributed by atoms with Gasteiger partial charge in [-0.05, 0) is 60.8 Å². The zero-order valence-corrected chi connectivity index (χ0v) is 14.5. The van der Waals surface area contributed by atoms with Crippen LogP contribution in [0.4, 0.5) is 0 Å². The van der Waals surface area contributed by atoms with Gasteiger partial charge in [0, 0.05) is 12.5 Å². The van der Waals surface area contributed by atoms with Crippen molar-refractivity contribution in [3.05, 3.63) is 0 Å². The van der Waals surface area contributed by atoms with Crippen LogP contribution < -0.4 is 11.1 Å². The lowest BCUT2D eigenvalue weighted by Gasteiger charge is -2.43. The second-order valence-electron chi connectivity index (χ2n) is 8.85. The molecule has 0 saturated heterocycles. The van der Waals surface area contributed by atoms with Gasteiger partial charge >= 0.3 is 0 Å². The molecular formula is C18H34N2O. The van der Waals surface area contributed by atoms with Crippen LogP contribution in [0.25, 0.3) is 0 Å². The molecule has 21 heavy (non-hydrogen) atoms. The molecule has 0 radical (unpaired) electrons. The summed E-state index contributed by atoms with van der Waals surface area (Å²) < 4.78 is 0. The van der Waals surface area contributed by atoms with Crippen molar-refractivity contribution in [2.24, 2.45) is 34.3 Å². The predicted molar refractivity (Wildman–Crippen MR) is 87.8 cm³/mol. The van der Waals surface area contributed by atoms with Gasteiger partial charge in [-0.1, -0.05) is 34.6 Å². The molecule has 2 rings (SSSR count). The molecule has 2 saturated carbocycles. The first-order valence-corrected chi connectivity index (χ1v) is 8.68. The van der Waals surface area contributed by atoms with E-state index in [2.05, 4.69) is 39.9 Å². The van der Waals surface area contributed by atoms with Gasteiger partial charge in [0.15, 0.2) is 0 Å². The second-order valence-corrected chi connectivity index (χ2v) is 8.85. The van der Waals surface area contributed by atoms with Crippen LogP contribution in [0.3, 0.4) is 0 Å². The Labute approximate surface area is 130 Å². The Balaban J connectivity index is 1.96. The molecule has 122 valence electrons. The number of carbonyl (C=O) groups is 1. The molecule has 0 aliphatic heterocycles. The standard InChI is InChI=1S/C18H34N2O/c1-12(2)8-13(11-19)9-15(21)20-16-17(3,4)14-6-7-18(16,5)10-14/h12-14,16H,6-11,19H2,1-5H3,(H,20,21)/t13-,14?,16?,18?/m0/s1. The molecule has 3 N–H and O–H groups in total. The number of nitrogens with one attached hydrogen (secondary N) is 1. The third kappa shape index (κ3) is 3.28. The number of fused-ring (bicyclic) bond motifs is 2. The van der Waals surface area contributed by atoms with Gasteiger partial charge in [-0.25, -0.2) is 0 Å². The van der Waals surface area contributed by atoms with Crippen molar-refractivity contribution in [2.75, 3.05) is 6.54 Å². The lowest BCUT2D eigenvalue weighted by molar-refractivity contribution is -0.124. The zero-order valence-electron chi connectivity index (χ0n) is 14.5. The Morgan fingerprint density at radius 2 is 2.00 bits per heavy atom. The zero-order chi connectivity index (χ0) is 15.8. The van der Waals surface area contributed by atoms with Gasteiger partial charge in [-0.2, -0.15) is 0 Å². The lowest BCUT2D eigenvalue weighted by atomic mass is 9.68. The molecule has 3 heteroatoms. The van der Waals surface area contributed by atoms with E-state index in [4.69, 9.17) is 5.73 Å². The third-order valence-corrected chi connectivity index (χ3v) is 6.19. The SMILES string of the molecule is CC(C)C[C@H](CN)CC(=O)NC1C2(C)CCC(C2)C1(C)C. The molecule has 0 aromatic rings. The van der Waals surface area contributed by atoms with Gasteiger partial charge in [0.2, 0.25) is 5.91 Å². The molecule has 0 aromatic heterocycles. The van der Waals surface area contributed by atoms with Crippen molar-refractivity contribution >= 4 is 5.91 Å². The predicted octanol–water partition coefficient (Wildman–Crippen LogP) is 3.33.